The van der Waals surface area contributed by atoms with Crippen LogP contribution < -0.4 is 0 Å². The summed E-state index contributed by atoms with van der Waals surface area (Å²) in [6.45, 7) is 1.93. The van der Waals surface area contributed by atoms with Crippen molar-refractivity contribution in [3.8, 4) is 0 Å². The van der Waals surface area contributed by atoms with E-state index in [4.69, 9.17) is 19.3 Å². The van der Waals surface area contributed by atoms with E-state index in [0.29, 0.717) is 6.61 Å². The van der Waals surface area contributed by atoms with Crippen molar-refractivity contribution in [2.75, 3.05) is 26.4 Å². The van der Waals surface area contributed by atoms with Crippen molar-refractivity contribution in [2.24, 2.45) is 0 Å². The Labute approximate surface area is 136 Å². The molecule has 1 unspecified atom stereocenters. The minimum Gasteiger partial charge on any atom is -0.394 e. The Morgan fingerprint density at radius 1 is 1.00 bits per heavy atom. The summed E-state index contributed by atoms with van der Waals surface area (Å²) in [6, 6.07) is 0. The maximum Gasteiger partial charge on any atom is 0.187 e. The lowest BCUT2D eigenvalue weighted by molar-refractivity contribution is -0.315. The molecule has 0 amide bonds. The van der Waals surface area contributed by atoms with Gasteiger partial charge >= 0.3 is 0 Å². The highest BCUT2D eigenvalue weighted by Gasteiger charge is 2.44. The van der Waals surface area contributed by atoms with E-state index in [0.717, 1.165) is 25.7 Å². The molecule has 0 aromatic rings. The van der Waals surface area contributed by atoms with E-state index in [2.05, 4.69) is 6.92 Å². The Morgan fingerprint density at radius 3 is 2.35 bits per heavy atom. The summed E-state index contributed by atoms with van der Waals surface area (Å²) >= 11 is 0. The van der Waals surface area contributed by atoms with E-state index in [1.54, 1.807) is 0 Å². The molecule has 0 bridgehead atoms. The second-order valence-electron chi connectivity index (χ2n) is 5.77. The van der Waals surface area contributed by atoms with Crippen LogP contribution in [0.4, 0.5) is 0 Å². The first kappa shape index (κ1) is 20.7. The van der Waals surface area contributed by atoms with E-state index >= 15 is 0 Å². The van der Waals surface area contributed by atoms with E-state index in [-0.39, 0.29) is 13.2 Å². The molecule has 0 aromatic heterocycles. The molecule has 8 nitrogen and oxygen atoms in total. The molecule has 0 aromatic carbocycles. The van der Waals surface area contributed by atoms with Crippen molar-refractivity contribution in [2.45, 2.75) is 69.4 Å². The Hall–Kier alpha value is -0.320. The van der Waals surface area contributed by atoms with Gasteiger partial charge in [-0.3, -0.25) is 0 Å². The summed E-state index contributed by atoms with van der Waals surface area (Å²) < 4.78 is 16.1. The minimum absolute atomic E-state index is 0.123. The summed E-state index contributed by atoms with van der Waals surface area (Å²) in [5, 5.41) is 47.7. The molecule has 5 N–H and O–H groups in total. The Balaban J connectivity index is 2.38. The second kappa shape index (κ2) is 11.3. The van der Waals surface area contributed by atoms with Crippen molar-refractivity contribution in [3.05, 3.63) is 0 Å². The van der Waals surface area contributed by atoms with Gasteiger partial charge in [0.1, 0.15) is 30.5 Å². The minimum atomic E-state index is -1.50. The topological polar surface area (TPSA) is 129 Å². The molecule has 0 spiro atoms. The lowest BCUT2D eigenvalue weighted by Crippen LogP contribution is -2.60. The standard InChI is InChI=1S/C15H30O8/c1-2-3-4-5-6-21-9-10(7-16)22-15-14(20)13(19)12(18)11(8-17)23-15/h10-20H,2-9H2,1H3/t10?,11-,12-,13+,14-,15-/m1/s1. The fourth-order valence-corrected chi connectivity index (χ4v) is 2.35. The molecule has 6 atom stereocenters. The monoisotopic (exact) mass is 338 g/mol. The molecule has 138 valence electrons. The van der Waals surface area contributed by atoms with Crippen LogP contribution in [-0.4, -0.2) is 88.8 Å². The predicted molar refractivity (Wildman–Crippen MR) is 80.7 cm³/mol. The number of rotatable bonds is 11. The van der Waals surface area contributed by atoms with Crippen molar-refractivity contribution in [3.63, 3.8) is 0 Å². The molecule has 1 heterocycles. The fraction of sp³-hybridized carbons (Fsp3) is 1.00. The van der Waals surface area contributed by atoms with Crippen molar-refractivity contribution >= 4 is 0 Å². The third kappa shape index (κ3) is 6.60. The van der Waals surface area contributed by atoms with Crippen LogP contribution in [0.3, 0.4) is 0 Å². The molecule has 23 heavy (non-hydrogen) atoms. The SMILES string of the molecule is CCCCCCOCC(CO)O[C@@H]1O[C@H](CO)[C@@H](O)[C@H](O)[C@H]1O. The summed E-state index contributed by atoms with van der Waals surface area (Å²) in [7, 11) is 0. The number of aliphatic hydroxyl groups is 5. The molecule has 1 rings (SSSR count). The molecule has 8 heteroatoms. The average Bonchev–Trinajstić information content (AvgIpc) is 2.56. The largest absolute Gasteiger partial charge is 0.394 e. The molecule has 1 fully saturated rings. The molecule has 1 aliphatic heterocycles. The second-order valence-corrected chi connectivity index (χ2v) is 5.77. The van der Waals surface area contributed by atoms with Gasteiger partial charge in [-0.1, -0.05) is 26.2 Å². The van der Waals surface area contributed by atoms with Gasteiger partial charge in [-0.2, -0.15) is 0 Å². The zero-order valence-electron chi connectivity index (χ0n) is 13.6. The highest BCUT2D eigenvalue weighted by Crippen LogP contribution is 2.22. The van der Waals surface area contributed by atoms with Crippen molar-refractivity contribution in [1.29, 1.82) is 0 Å². The highest BCUT2D eigenvalue weighted by atomic mass is 16.7. The van der Waals surface area contributed by atoms with Crippen molar-refractivity contribution < 1.29 is 39.7 Å². The molecule has 0 aliphatic carbocycles. The fourth-order valence-electron chi connectivity index (χ4n) is 2.35. The third-order valence-electron chi connectivity index (χ3n) is 3.82. The van der Waals surface area contributed by atoms with Gasteiger partial charge in [0.2, 0.25) is 0 Å². The summed E-state index contributed by atoms with van der Waals surface area (Å²) in [5.41, 5.74) is 0. The van der Waals surface area contributed by atoms with Crippen LogP contribution in [0.5, 0.6) is 0 Å². The first-order valence-electron chi connectivity index (χ1n) is 8.19. The predicted octanol–water partition coefficient (Wildman–Crippen LogP) is -1.24. The van der Waals surface area contributed by atoms with Gasteiger partial charge in [-0.25, -0.2) is 0 Å². The Bertz CT molecular complexity index is 301. The normalized spacial score (nSPS) is 32.9. The first-order valence-corrected chi connectivity index (χ1v) is 8.19. The van der Waals surface area contributed by atoms with E-state index in [1.165, 1.54) is 0 Å². The maximum atomic E-state index is 9.87. The summed E-state index contributed by atoms with van der Waals surface area (Å²) in [5.74, 6) is 0. The number of ether oxygens (including phenoxy) is 3. The van der Waals surface area contributed by atoms with Gasteiger partial charge in [-0.15, -0.1) is 0 Å². The zero-order chi connectivity index (χ0) is 17.2. The average molecular weight is 338 g/mol. The number of unbranched alkanes of at least 4 members (excludes halogenated alkanes) is 3. The van der Waals surface area contributed by atoms with Gasteiger partial charge in [0.05, 0.1) is 19.8 Å². The van der Waals surface area contributed by atoms with Crippen molar-refractivity contribution in [1.82, 2.24) is 0 Å². The van der Waals surface area contributed by atoms with Crippen LogP contribution in [0, 0.1) is 0 Å². The van der Waals surface area contributed by atoms with Gasteiger partial charge in [0.15, 0.2) is 6.29 Å². The van der Waals surface area contributed by atoms with E-state index in [1.807, 2.05) is 0 Å². The molecule has 0 saturated carbocycles. The van der Waals surface area contributed by atoms with E-state index in [9.17, 15) is 20.4 Å². The van der Waals surface area contributed by atoms with Crippen LogP contribution in [0.15, 0.2) is 0 Å². The Kier molecular flexibility index (Phi) is 10.2. The molecular weight excluding hydrogens is 308 g/mol. The summed E-state index contributed by atoms with van der Waals surface area (Å²) in [4.78, 5) is 0. The first-order chi connectivity index (χ1) is 11.0. The number of hydrogen-bond acceptors (Lipinski definition) is 8. The summed E-state index contributed by atoms with van der Waals surface area (Å²) in [6.07, 6.45) is -3.15. The highest BCUT2D eigenvalue weighted by molar-refractivity contribution is 4.89. The molecule has 1 aliphatic rings. The smallest absolute Gasteiger partial charge is 0.187 e. The lowest BCUT2D eigenvalue weighted by atomic mass is 9.99. The molecule has 1 saturated heterocycles. The quantitative estimate of drug-likeness (QED) is 0.296. The van der Waals surface area contributed by atoms with Crippen LogP contribution >= 0.6 is 0 Å². The van der Waals surface area contributed by atoms with Crippen LogP contribution in [0.25, 0.3) is 0 Å². The van der Waals surface area contributed by atoms with E-state index < -0.39 is 43.4 Å². The third-order valence-corrected chi connectivity index (χ3v) is 3.82. The Morgan fingerprint density at radius 2 is 1.74 bits per heavy atom. The lowest BCUT2D eigenvalue weighted by Gasteiger charge is -2.40. The molecule has 0 radical (unpaired) electrons. The van der Waals surface area contributed by atoms with Gasteiger partial charge < -0.3 is 39.7 Å². The van der Waals surface area contributed by atoms with Crippen LogP contribution in [0.2, 0.25) is 0 Å². The maximum absolute atomic E-state index is 9.87. The zero-order valence-corrected chi connectivity index (χ0v) is 13.6. The van der Waals surface area contributed by atoms with Gasteiger partial charge in [-0.05, 0) is 6.42 Å². The van der Waals surface area contributed by atoms with Crippen LogP contribution in [-0.2, 0) is 14.2 Å². The molecular formula is C15H30O8. The van der Waals surface area contributed by atoms with Crippen LogP contribution in [0.1, 0.15) is 32.6 Å². The number of aliphatic hydroxyl groups excluding tert-OH is 5. The van der Waals surface area contributed by atoms with Gasteiger partial charge in [0.25, 0.3) is 0 Å². The number of hydrogen-bond donors (Lipinski definition) is 5. The van der Waals surface area contributed by atoms with Gasteiger partial charge in [0, 0.05) is 6.61 Å².